The number of benzene rings is 1. The van der Waals surface area contributed by atoms with Gasteiger partial charge in [0.05, 0.1) is 11.4 Å². The average Bonchev–Trinajstić information content (AvgIpc) is 3.74. The molecule has 3 heterocycles. The van der Waals surface area contributed by atoms with Crippen LogP contribution in [-0.4, -0.2) is 61.4 Å². The number of hydrogen-bond donors (Lipinski definition) is 1. The summed E-state index contributed by atoms with van der Waals surface area (Å²) >= 11 is 0. The molecule has 2 fully saturated rings. The van der Waals surface area contributed by atoms with Crippen molar-refractivity contribution in [2.45, 2.75) is 38.3 Å². The molecule has 1 aliphatic carbocycles. The van der Waals surface area contributed by atoms with E-state index in [9.17, 15) is 9.59 Å². The van der Waals surface area contributed by atoms with E-state index in [1.165, 1.54) is 41.7 Å². The van der Waals surface area contributed by atoms with Gasteiger partial charge in [0, 0.05) is 51.7 Å². The third-order valence-electron chi connectivity index (χ3n) is 7.38. The van der Waals surface area contributed by atoms with Crippen LogP contribution in [0.4, 0.5) is 5.95 Å². The number of anilines is 1. The van der Waals surface area contributed by atoms with Gasteiger partial charge in [-0.2, -0.15) is 4.98 Å². The largest absolute Gasteiger partial charge is 0.348 e. The maximum absolute atomic E-state index is 12.0. The molecule has 1 unspecified atom stereocenters. The van der Waals surface area contributed by atoms with Gasteiger partial charge < -0.3 is 10.2 Å². The fraction of sp³-hybridized carbons (Fsp3) is 0.444. The number of nitrogens with one attached hydrogen (secondary N) is 1. The third kappa shape index (κ3) is 5.16. The molecule has 9 heteroatoms. The molecule has 36 heavy (non-hydrogen) atoms. The molecule has 3 aromatic rings. The van der Waals surface area contributed by atoms with Gasteiger partial charge in [-0.15, -0.1) is 0 Å². The smallest absolute Gasteiger partial charge is 0.348 e. The molecular formula is C27H33N7O2. The molecule has 5 rings (SSSR count). The minimum Gasteiger partial charge on any atom is -0.348 e. The minimum absolute atomic E-state index is 0.00860. The number of aromatic nitrogens is 4. The molecule has 1 saturated carbocycles. The van der Waals surface area contributed by atoms with Crippen LogP contribution in [0.3, 0.4) is 0 Å². The molecule has 9 nitrogen and oxygen atoms in total. The van der Waals surface area contributed by atoms with Gasteiger partial charge >= 0.3 is 5.69 Å². The van der Waals surface area contributed by atoms with Crippen LogP contribution >= 0.6 is 0 Å². The van der Waals surface area contributed by atoms with E-state index in [-0.39, 0.29) is 17.6 Å². The van der Waals surface area contributed by atoms with Gasteiger partial charge in [0.25, 0.3) is 0 Å². The minimum atomic E-state index is -0.342. The summed E-state index contributed by atoms with van der Waals surface area (Å²) in [7, 11) is 1.66. The Morgan fingerprint density at radius 1 is 1.11 bits per heavy atom. The third-order valence-corrected chi connectivity index (χ3v) is 7.38. The van der Waals surface area contributed by atoms with Crippen molar-refractivity contribution in [2.24, 2.45) is 13.0 Å². The molecule has 2 aromatic heterocycles. The monoisotopic (exact) mass is 487 g/mol. The van der Waals surface area contributed by atoms with Crippen LogP contribution in [0.15, 0.2) is 54.1 Å². The van der Waals surface area contributed by atoms with Crippen LogP contribution in [0.2, 0.25) is 0 Å². The van der Waals surface area contributed by atoms with Crippen LogP contribution in [-0.2, 0) is 11.8 Å². The maximum atomic E-state index is 12.0. The number of rotatable bonds is 8. The van der Waals surface area contributed by atoms with Crippen molar-refractivity contribution >= 4 is 22.9 Å². The van der Waals surface area contributed by atoms with Gasteiger partial charge in [-0.3, -0.25) is 14.3 Å². The van der Waals surface area contributed by atoms with Crippen LogP contribution in [0.5, 0.6) is 0 Å². The number of fused-ring (bicyclic) bond motifs is 1. The summed E-state index contributed by atoms with van der Waals surface area (Å²) in [5, 5.41) is 4.08. The van der Waals surface area contributed by atoms with E-state index in [0.717, 1.165) is 43.0 Å². The second kappa shape index (κ2) is 10.2. The van der Waals surface area contributed by atoms with E-state index in [1.54, 1.807) is 13.2 Å². The second-order valence-corrected chi connectivity index (χ2v) is 9.87. The first-order chi connectivity index (χ1) is 17.4. The molecule has 0 radical (unpaired) electrons. The van der Waals surface area contributed by atoms with E-state index < -0.39 is 0 Å². The second-order valence-electron chi connectivity index (χ2n) is 9.87. The van der Waals surface area contributed by atoms with Crippen LogP contribution in [0.1, 0.15) is 49.4 Å². The molecule has 1 aliphatic heterocycles. The topological polar surface area (TPSA) is 96.3 Å². The SMILES string of the molecule is C=CC(=O)N1CCN(C(CC2CC2)c2ccc([C@H](C)Nc3ncc4cnc(=O)n(C)c4n3)cc2)CC1. The molecule has 1 aromatic carbocycles. The summed E-state index contributed by atoms with van der Waals surface area (Å²) in [5.74, 6) is 1.30. The zero-order chi connectivity index (χ0) is 25.2. The molecule has 188 valence electrons. The van der Waals surface area contributed by atoms with Gasteiger partial charge in [-0.1, -0.05) is 43.7 Å². The van der Waals surface area contributed by atoms with Gasteiger partial charge in [-0.25, -0.2) is 14.8 Å². The summed E-state index contributed by atoms with van der Waals surface area (Å²) in [6.45, 7) is 8.96. The lowest BCUT2D eigenvalue weighted by Gasteiger charge is -2.39. The maximum Gasteiger partial charge on any atom is 0.348 e. The van der Waals surface area contributed by atoms with Crippen molar-refractivity contribution in [2.75, 3.05) is 31.5 Å². The van der Waals surface area contributed by atoms with Crippen molar-refractivity contribution < 1.29 is 4.79 Å². The standard InChI is InChI=1S/C27H33N7O2/c1-4-24(35)34-13-11-33(12-14-34)23(15-19-5-6-19)21-9-7-20(8-10-21)18(2)30-26-28-16-22-17-29-27(36)32(3)25(22)31-26/h4,7-10,16-19,23H,1,5-6,11-15H2,2-3H3,(H,28,30,31)/t18-,23?/m0/s1. The molecule has 0 spiro atoms. The predicted molar refractivity (Wildman–Crippen MR) is 139 cm³/mol. The molecule has 1 saturated heterocycles. The number of piperazine rings is 1. The number of carbonyl (C=O) groups is 1. The predicted octanol–water partition coefficient (Wildman–Crippen LogP) is 3.07. The lowest BCUT2D eigenvalue weighted by molar-refractivity contribution is -0.128. The van der Waals surface area contributed by atoms with Gasteiger partial charge in [0.2, 0.25) is 11.9 Å². The molecule has 0 bridgehead atoms. The van der Waals surface area contributed by atoms with Crippen molar-refractivity contribution in [1.82, 2.24) is 29.3 Å². The lowest BCUT2D eigenvalue weighted by Crippen LogP contribution is -2.49. The Hall–Kier alpha value is -3.59. The summed E-state index contributed by atoms with van der Waals surface area (Å²) in [5.41, 5.74) is 2.67. The van der Waals surface area contributed by atoms with E-state index in [0.29, 0.717) is 17.6 Å². The van der Waals surface area contributed by atoms with Crippen LogP contribution in [0.25, 0.3) is 11.0 Å². The van der Waals surface area contributed by atoms with Crippen molar-refractivity contribution in [3.05, 3.63) is 70.9 Å². The molecule has 1 amide bonds. The number of nitrogens with zero attached hydrogens (tertiary/aromatic N) is 6. The Bertz CT molecular complexity index is 1310. The Labute approximate surface area is 210 Å². The molecule has 2 atom stereocenters. The number of hydrogen-bond acceptors (Lipinski definition) is 7. The quantitative estimate of drug-likeness (QED) is 0.488. The Morgan fingerprint density at radius 2 is 1.78 bits per heavy atom. The average molecular weight is 488 g/mol. The first kappa shape index (κ1) is 24.1. The van der Waals surface area contributed by atoms with E-state index in [2.05, 4.69) is 62.9 Å². The summed E-state index contributed by atoms with van der Waals surface area (Å²) < 4.78 is 1.43. The highest BCUT2D eigenvalue weighted by atomic mass is 16.2. The van der Waals surface area contributed by atoms with Crippen molar-refractivity contribution in [3.8, 4) is 0 Å². The summed E-state index contributed by atoms with van der Waals surface area (Å²) in [6.07, 6.45) is 8.39. The Balaban J connectivity index is 1.29. The van der Waals surface area contributed by atoms with Gasteiger partial charge in [0.1, 0.15) is 0 Å². The zero-order valence-corrected chi connectivity index (χ0v) is 20.9. The van der Waals surface area contributed by atoms with Crippen LogP contribution < -0.4 is 11.0 Å². The number of amides is 1. The number of carbonyl (C=O) groups excluding carboxylic acids is 1. The van der Waals surface area contributed by atoms with Crippen molar-refractivity contribution in [1.29, 1.82) is 0 Å². The lowest BCUT2D eigenvalue weighted by atomic mass is 9.96. The summed E-state index contributed by atoms with van der Waals surface area (Å²) in [4.78, 5) is 41.0. The van der Waals surface area contributed by atoms with E-state index >= 15 is 0 Å². The fourth-order valence-electron chi connectivity index (χ4n) is 4.95. The number of aryl methyl sites for hydroxylation is 1. The Kier molecular flexibility index (Phi) is 6.82. The molecule has 1 N–H and O–H groups in total. The zero-order valence-electron chi connectivity index (χ0n) is 20.9. The first-order valence-corrected chi connectivity index (χ1v) is 12.6. The molecule has 2 aliphatic rings. The van der Waals surface area contributed by atoms with Crippen LogP contribution in [0, 0.1) is 5.92 Å². The highest BCUT2D eigenvalue weighted by Crippen LogP contribution is 2.40. The molecular weight excluding hydrogens is 454 g/mol. The Morgan fingerprint density at radius 3 is 2.44 bits per heavy atom. The van der Waals surface area contributed by atoms with Crippen molar-refractivity contribution in [3.63, 3.8) is 0 Å². The normalized spacial score (nSPS) is 18.1. The van der Waals surface area contributed by atoms with E-state index in [4.69, 9.17) is 0 Å². The summed E-state index contributed by atoms with van der Waals surface area (Å²) in [6, 6.07) is 9.17. The van der Waals surface area contributed by atoms with Gasteiger partial charge in [0.15, 0.2) is 5.65 Å². The van der Waals surface area contributed by atoms with E-state index in [1.807, 2.05) is 4.90 Å². The van der Waals surface area contributed by atoms with Gasteiger partial charge in [-0.05, 0) is 36.5 Å². The highest BCUT2D eigenvalue weighted by molar-refractivity contribution is 5.87. The first-order valence-electron chi connectivity index (χ1n) is 12.6. The fourth-order valence-corrected chi connectivity index (χ4v) is 4.95. The highest BCUT2D eigenvalue weighted by Gasteiger charge is 2.32.